The molecule has 4 N–H and O–H groups in total. The Morgan fingerprint density at radius 3 is 2.56 bits per heavy atom. The molecule has 4 rings (SSSR count). The quantitative estimate of drug-likeness (QED) is 0.0792. The Morgan fingerprint density at radius 1 is 1.11 bits per heavy atom. The molecular weight excluding hydrogens is 668 g/mol. The van der Waals surface area contributed by atoms with Crippen molar-refractivity contribution in [2.75, 3.05) is 20.3 Å². The highest BCUT2D eigenvalue weighted by atomic mass is 79.9. The zero-order chi connectivity index (χ0) is 32.5. The smallest absolute Gasteiger partial charge is 0.337 e. The number of ether oxygens (including phenoxy) is 4. The lowest BCUT2D eigenvalue weighted by Crippen LogP contribution is -2.45. The number of methoxy groups -OCH3 is 1. The van der Waals surface area contributed by atoms with Crippen LogP contribution in [0.3, 0.4) is 0 Å². The van der Waals surface area contributed by atoms with Crippen LogP contribution in [-0.2, 0) is 16.1 Å². The van der Waals surface area contributed by atoms with Gasteiger partial charge in [0, 0.05) is 5.70 Å². The van der Waals surface area contributed by atoms with Gasteiger partial charge in [-0.25, -0.2) is 9.59 Å². The molecule has 3 aromatic carbocycles. The Kier molecular flexibility index (Phi) is 11.7. The fourth-order valence-electron chi connectivity index (χ4n) is 4.45. The maximum atomic E-state index is 12.4. The molecule has 45 heavy (non-hydrogen) atoms. The minimum Gasteiger partial charge on any atom is -0.490 e. The van der Waals surface area contributed by atoms with Crippen LogP contribution in [0.2, 0.25) is 5.02 Å². The SMILES string of the molecule is CCOc1cc([C@H]2NC(=O)NC(C)=C2C(=O)OC)ccc1OC[C@H](O)N/N=C\c1cc(Cl)c(OCc2ccc(C)cc2)c(Br)c1. The van der Waals surface area contributed by atoms with Gasteiger partial charge in [-0.05, 0) is 77.7 Å². The average Bonchev–Trinajstić information content (AvgIpc) is 3.00. The molecule has 0 radical (unpaired) electrons. The molecule has 2 atom stereocenters. The van der Waals surface area contributed by atoms with Crippen LogP contribution in [0.1, 0.15) is 42.1 Å². The first-order valence-electron chi connectivity index (χ1n) is 14.0. The van der Waals surface area contributed by atoms with E-state index in [-0.39, 0.29) is 12.2 Å². The molecular formula is C32H34BrClN4O7. The number of carbonyl (C=O) groups is 2. The number of amides is 2. The Bertz CT molecular complexity index is 1570. The third-order valence-corrected chi connectivity index (χ3v) is 7.50. The number of nitrogens with one attached hydrogen (secondary N) is 3. The minimum absolute atomic E-state index is 0.163. The number of urea groups is 1. The second-order valence-corrected chi connectivity index (χ2v) is 11.3. The molecule has 13 heteroatoms. The second kappa shape index (κ2) is 15.6. The van der Waals surface area contributed by atoms with Crippen LogP contribution >= 0.6 is 27.5 Å². The van der Waals surface area contributed by atoms with Crippen molar-refractivity contribution in [3.8, 4) is 17.2 Å². The summed E-state index contributed by atoms with van der Waals surface area (Å²) in [6.07, 6.45) is 0.345. The monoisotopic (exact) mass is 700 g/mol. The molecule has 2 amide bonds. The van der Waals surface area contributed by atoms with Gasteiger partial charge in [-0.2, -0.15) is 5.10 Å². The predicted octanol–water partition coefficient (Wildman–Crippen LogP) is 5.51. The summed E-state index contributed by atoms with van der Waals surface area (Å²) in [7, 11) is 1.27. The molecule has 0 saturated carbocycles. The lowest BCUT2D eigenvalue weighted by molar-refractivity contribution is -0.136. The molecule has 0 aliphatic carbocycles. The predicted molar refractivity (Wildman–Crippen MR) is 174 cm³/mol. The molecule has 0 aromatic heterocycles. The maximum absolute atomic E-state index is 12.4. The summed E-state index contributed by atoms with van der Waals surface area (Å²) in [5.74, 6) is 0.657. The molecule has 0 unspecified atom stereocenters. The Hall–Kier alpha value is -4.26. The summed E-state index contributed by atoms with van der Waals surface area (Å²) in [5.41, 5.74) is 6.72. The van der Waals surface area contributed by atoms with Gasteiger partial charge in [-0.1, -0.05) is 47.5 Å². The molecule has 0 spiro atoms. The summed E-state index contributed by atoms with van der Waals surface area (Å²) in [5, 5.41) is 20.3. The van der Waals surface area contributed by atoms with E-state index >= 15 is 0 Å². The summed E-state index contributed by atoms with van der Waals surface area (Å²) in [4.78, 5) is 24.6. The van der Waals surface area contributed by atoms with Crippen molar-refractivity contribution in [2.24, 2.45) is 5.10 Å². The number of allylic oxidation sites excluding steroid dienone is 1. The number of aliphatic hydroxyl groups excluding tert-OH is 1. The number of rotatable bonds is 13. The zero-order valence-electron chi connectivity index (χ0n) is 25.1. The fourth-order valence-corrected chi connectivity index (χ4v) is 5.44. The zero-order valence-corrected chi connectivity index (χ0v) is 27.5. The number of hydrogen-bond acceptors (Lipinski definition) is 9. The Morgan fingerprint density at radius 2 is 1.87 bits per heavy atom. The molecule has 1 aliphatic rings. The second-order valence-electron chi connectivity index (χ2n) is 10.0. The van der Waals surface area contributed by atoms with E-state index in [0.717, 1.165) is 5.56 Å². The van der Waals surface area contributed by atoms with E-state index in [1.165, 1.54) is 18.9 Å². The minimum atomic E-state index is -1.16. The number of hydrogen-bond donors (Lipinski definition) is 4. The molecule has 1 heterocycles. The van der Waals surface area contributed by atoms with E-state index in [2.05, 4.69) is 37.1 Å². The average molecular weight is 702 g/mol. The summed E-state index contributed by atoms with van der Waals surface area (Å²) >= 11 is 9.97. The van der Waals surface area contributed by atoms with Crippen molar-refractivity contribution < 1.29 is 33.6 Å². The molecule has 0 saturated heterocycles. The lowest BCUT2D eigenvalue weighted by atomic mass is 9.95. The van der Waals surface area contributed by atoms with Crippen molar-refractivity contribution in [1.82, 2.24) is 16.1 Å². The van der Waals surface area contributed by atoms with Crippen LogP contribution in [0.15, 0.2) is 75.4 Å². The van der Waals surface area contributed by atoms with E-state index in [0.29, 0.717) is 56.8 Å². The van der Waals surface area contributed by atoms with Gasteiger partial charge in [0.2, 0.25) is 0 Å². The maximum Gasteiger partial charge on any atom is 0.337 e. The van der Waals surface area contributed by atoms with Crippen molar-refractivity contribution >= 4 is 45.7 Å². The standard InChI is InChI=1S/C32H34BrClN4O7/c1-5-43-26-14-22(29-28(31(40)42-4)19(3)36-32(41)37-29)10-11-25(26)44-17-27(39)38-35-15-21-12-23(33)30(24(34)13-21)45-16-20-8-6-18(2)7-9-20/h6-15,27,29,38-39H,5,16-17H2,1-4H3,(H2,36,37,41)/b35-15-/t27-,29+/m0/s1. The number of hydrazone groups is 1. The van der Waals surface area contributed by atoms with E-state index in [1.54, 1.807) is 37.3 Å². The third kappa shape index (κ3) is 8.90. The number of aliphatic hydroxyl groups is 1. The van der Waals surface area contributed by atoms with Crippen molar-refractivity contribution in [3.05, 3.63) is 97.6 Å². The third-order valence-electron chi connectivity index (χ3n) is 6.63. The van der Waals surface area contributed by atoms with E-state index < -0.39 is 24.3 Å². The van der Waals surface area contributed by atoms with Gasteiger partial charge in [0.15, 0.2) is 23.5 Å². The van der Waals surface area contributed by atoms with Gasteiger partial charge in [0.1, 0.15) is 13.2 Å². The van der Waals surface area contributed by atoms with Gasteiger partial charge in [0.25, 0.3) is 0 Å². The van der Waals surface area contributed by atoms with Gasteiger partial charge < -0.3 is 34.7 Å². The first-order chi connectivity index (χ1) is 21.6. The van der Waals surface area contributed by atoms with Crippen LogP contribution < -0.4 is 30.3 Å². The number of nitrogens with zero attached hydrogens (tertiary/aromatic N) is 1. The number of aryl methyl sites for hydroxylation is 1. The van der Waals surface area contributed by atoms with Crippen LogP contribution in [-0.4, -0.2) is 49.9 Å². The van der Waals surface area contributed by atoms with Crippen molar-refractivity contribution in [3.63, 3.8) is 0 Å². The Labute approximate surface area is 274 Å². The van der Waals surface area contributed by atoms with Crippen molar-refractivity contribution in [2.45, 2.75) is 39.6 Å². The molecule has 238 valence electrons. The van der Waals surface area contributed by atoms with E-state index in [1.807, 2.05) is 38.1 Å². The van der Waals surface area contributed by atoms with Crippen LogP contribution in [0, 0.1) is 6.92 Å². The van der Waals surface area contributed by atoms with Gasteiger partial charge in [-0.3, -0.25) is 5.43 Å². The molecule has 0 bridgehead atoms. The number of benzene rings is 3. The topological polar surface area (TPSA) is 140 Å². The highest BCUT2D eigenvalue weighted by molar-refractivity contribution is 9.10. The van der Waals surface area contributed by atoms with E-state index in [9.17, 15) is 14.7 Å². The number of carbonyl (C=O) groups excluding carboxylic acids is 2. The Balaban J connectivity index is 1.37. The fraction of sp³-hybridized carbons (Fsp3) is 0.281. The molecule has 0 fully saturated rings. The van der Waals surface area contributed by atoms with Crippen molar-refractivity contribution in [1.29, 1.82) is 0 Å². The first kappa shape index (κ1) is 33.6. The van der Waals surface area contributed by atoms with Crippen LogP contribution in [0.4, 0.5) is 4.79 Å². The van der Waals surface area contributed by atoms with Gasteiger partial charge in [0.05, 0.1) is 41.0 Å². The molecule has 1 aliphatic heterocycles. The normalized spacial score (nSPS) is 15.3. The highest BCUT2D eigenvalue weighted by Gasteiger charge is 2.32. The number of esters is 1. The van der Waals surface area contributed by atoms with Gasteiger partial charge in [-0.15, -0.1) is 0 Å². The largest absolute Gasteiger partial charge is 0.490 e. The number of halogens is 2. The van der Waals surface area contributed by atoms with Gasteiger partial charge >= 0.3 is 12.0 Å². The summed E-state index contributed by atoms with van der Waals surface area (Å²) < 4.78 is 23.0. The highest BCUT2D eigenvalue weighted by Crippen LogP contribution is 2.36. The molecule has 3 aromatic rings. The van der Waals surface area contributed by atoms with E-state index in [4.69, 9.17) is 30.5 Å². The molecule has 11 nitrogen and oxygen atoms in total. The first-order valence-corrected chi connectivity index (χ1v) is 15.2. The van der Waals surface area contributed by atoms with Crippen LogP contribution in [0.5, 0.6) is 17.2 Å². The lowest BCUT2D eigenvalue weighted by Gasteiger charge is -2.28. The van der Waals surface area contributed by atoms with Crippen LogP contribution in [0.25, 0.3) is 0 Å². The summed E-state index contributed by atoms with van der Waals surface area (Å²) in [6.45, 7) is 6.00. The summed E-state index contributed by atoms with van der Waals surface area (Å²) in [6, 6.07) is 15.3.